The Morgan fingerprint density at radius 3 is 2.74 bits per heavy atom. The molecule has 3 N–H and O–H groups in total. The molecule has 5 rings (SSSR count). The van der Waals surface area contributed by atoms with E-state index in [0.29, 0.717) is 17.7 Å². The van der Waals surface area contributed by atoms with Crippen molar-refractivity contribution in [2.24, 2.45) is 0 Å². The van der Waals surface area contributed by atoms with Crippen molar-refractivity contribution in [1.82, 2.24) is 20.9 Å². The predicted octanol–water partition coefficient (Wildman–Crippen LogP) is 1.13. The van der Waals surface area contributed by atoms with Gasteiger partial charge >= 0.3 is 0 Å². The first-order chi connectivity index (χ1) is 15.0. The maximum absolute atomic E-state index is 12.9. The molecule has 2 unspecified atom stereocenters. The number of rotatable bonds is 5. The largest absolute Gasteiger partial charge is 0.311 e. The third-order valence-electron chi connectivity index (χ3n) is 6.08. The first kappa shape index (κ1) is 20.0. The van der Waals surface area contributed by atoms with Gasteiger partial charge in [-0.05, 0) is 47.5 Å². The maximum atomic E-state index is 12.9. The Morgan fingerprint density at radius 1 is 1.06 bits per heavy atom. The Morgan fingerprint density at radius 2 is 1.90 bits per heavy atom. The summed E-state index contributed by atoms with van der Waals surface area (Å²) in [5.41, 5.74) is 2.85. The first-order valence-electron chi connectivity index (χ1n) is 10.4. The smallest absolute Gasteiger partial charge is 0.262 e. The Labute approximate surface area is 183 Å². The van der Waals surface area contributed by atoms with Crippen molar-refractivity contribution in [3.8, 4) is 0 Å². The minimum Gasteiger partial charge on any atom is -0.311 e. The monoisotopic (exact) mass is 438 g/mol. The molecule has 1 fully saturated rings. The normalized spacial score (nSPS) is 23.0. The zero-order valence-corrected chi connectivity index (χ0v) is 17.6. The summed E-state index contributed by atoms with van der Waals surface area (Å²) in [6.07, 6.45) is 1.33. The molecule has 2 aromatic rings. The lowest BCUT2D eigenvalue weighted by atomic mass is 10.0. The van der Waals surface area contributed by atoms with E-state index in [4.69, 9.17) is 0 Å². The van der Waals surface area contributed by atoms with Gasteiger partial charge in [0.25, 0.3) is 11.8 Å². The molecule has 4 amide bonds. The fourth-order valence-corrected chi connectivity index (χ4v) is 5.45. The minimum absolute atomic E-state index is 0.111. The Balaban J connectivity index is 1.26. The van der Waals surface area contributed by atoms with E-state index in [0.717, 1.165) is 30.0 Å². The number of imide groups is 2. The zero-order chi connectivity index (χ0) is 21.5. The van der Waals surface area contributed by atoms with Gasteiger partial charge in [0.2, 0.25) is 11.8 Å². The van der Waals surface area contributed by atoms with Gasteiger partial charge in [0.05, 0.1) is 11.1 Å². The number of thiophene rings is 1. The number of piperidine rings is 1. The number of nitrogens with zero attached hydrogens (tertiary/aromatic N) is 1. The summed E-state index contributed by atoms with van der Waals surface area (Å²) in [6.45, 7) is 2.28. The minimum atomic E-state index is -0.941. The van der Waals surface area contributed by atoms with Crippen molar-refractivity contribution in [3.63, 3.8) is 0 Å². The lowest BCUT2D eigenvalue weighted by molar-refractivity contribution is -0.136. The molecule has 3 aliphatic heterocycles. The number of benzene rings is 1. The van der Waals surface area contributed by atoms with Crippen LogP contribution < -0.4 is 16.0 Å². The van der Waals surface area contributed by atoms with Crippen LogP contribution in [0.15, 0.2) is 29.6 Å². The number of hydrogen-bond acceptors (Lipinski definition) is 7. The highest BCUT2D eigenvalue weighted by molar-refractivity contribution is 7.10. The summed E-state index contributed by atoms with van der Waals surface area (Å²) >= 11 is 1.80. The van der Waals surface area contributed by atoms with Crippen molar-refractivity contribution >= 4 is 35.0 Å². The summed E-state index contributed by atoms with van der Waals surface area (Å²) in [7, 11) is 0. The molecule has 0 radical (unpaired) electrons. The van der Waals surface area contributed by atoms with Gasteiger partial charge in [0, 0.05) is 37.0 Å². The molecule has 9 heteroatoms. The molecule has 8 nitrogen and oxygen atoms in total. The van der Waals surface area contributed by atoms with Crippen molar-refractivity contribution < 1.29 is 19.2 Å². The molecule has 1 saturated heterocycles. The fourth-order valence-electron chi connectivity index (χ4n) is 4.51. The molecule has 0 spiro atoms. The molecule has 3 aliphatic rings. The van der Waals surface area contributed by atoms with Gasteiger partial charge in [-0.25, -0.2) is 0 Å². The molecule has 0 aliphatic carbocycles. The Bertz CT molecular complexity index is 1090. The van der Waals surface area contributed by atoms with Crippen molar-refractivity contribution in [2.45, 2.75) is 37.9 Å². The van der Waals surface area contributed by atoms with Crippen LogP contribution in [-0.2, 0) is 22.6 Å². The number of carbonyl (C=O) groups excluding carboxylic acids is 4. The van der Waals surface area contributed by atoms with Crippen LogP contribution in [0.1, 0.15) is 55.6 Å². The fraction of sp³-hybridized carbons (Fsp3) is 0.364. The van der Waals surface area contributed by atoms with Gasteiger partial charge in [0.15, 0.2) is 0 Å². The second-order valence-electron chi connectivity index (χ2n) is 8.01. The van der Waals surface area contributed by atoms with Gasteiger partial charge < -0.3 is 10.6 Å². The van der Waals surface area contributed by atoms with E-state index < -0.39 is 23.8 Å². The Hall–Kier alpha value is -2.88. The highest BCUT2D eigenvalue weighted by atomic mass is 32.1. The molecule has 0 bridgehead atoms. The summed E-state index contributed by atoms with van der Waals surface area (Å²) in [4.78, 5) is 51.7. The molecule has 1 aromatic heterocycles. The van der Waals surface area contributed by atoms with Crippen LogP contribution in [0.4, 0.5) is 0 Å². The standard InChI is InChI=1S/C22H22N4O4S/c27-19-4-3-17(20(28)25-19)26-21(29)13-2-1-12(9-15(13)22(26)30)10-23-11-16-14-6-8-31-18(14)5-7-24-16/h1-2,6,8-9,16-17,23-24H,3-5,7,10-11H2,(H,25,27,28). The van der Waals surface area contributed by atoms with Crippen LogP contribution in [0.25, 0.3) is 0 Å². The second kappa shape index (κ2) is 7.99. The third-order valence-corrected chi connectivity index (χ3v) is 7.08. The van der Waals surface area contributed by atoms with E-state index in [1.807, 2.05) is 6.07 Å². The molecular weight excluding hydrogens is 416 g/mol. The summed E-state index contributed by atoms with van der Waals surface area (Å²) in [6, 6.07) is 6.68. The molecule has 0 saturated carbocycles. The first-order valence-corrected chi connectivity index (χ1v) is 11.3. The van der Waals surface area contributed by atoms with E-state index in [-0.39, 0.29) is 24.8 Å². The van der Waals surface area contributed by atoms with Crippen LogP contribution in [0.2, 0.25) is 0 Å². The predicted molar refractivity (Wildman–Crippen MR) is 114 cm³/mol. The lowest BCUT2D eigenvalue weighted by Crippen LogP contribution is -2.54. The average Bonchev–Trinajstić information content (AvgIpc) is 3.33. The van der Waals surface area contributed by atoms with Crippen LogP contribution in [0.3, 0.4) is 0 Å². The second-order valence-corrected chi connectivity index (χ2v) is 9.01. The summed E-state index contributed by atoms with van der Waals surface area (Å²) in [5.74, 6) is -1.94. The molecule has 31 heavy (non-hydrogen) atoms. The van der Waals surface area contributed by atoms with Gasteiger partial charge in [-0.1, -0.05) is 6.07 Å². The number of carbonyl (C=O) groups is 4. The quantitative estimate of drug-likeness (QED) is 0.604. The Kier molecular flexibility index (Phi) is 5.17. The van der Waals surface area contributed by atoms with Gasteiger partial charge in [-0.15, -0.1) is 11.3 Å². The van der Waals surface area contributed by atoms with Crippen molar-refractivity contribution in [2.75, 3.05) is 13.1 Å². The topological polar surface area (TPSA) is 108 Å². The van der Waals surface area contributed by atoms with Gasteiger partial charge in [0.1, 0.15) is 6.04 Å². The summed E-state index contributed by atoms with van der Waals surface area (Å²) in [5, 5.41) is 11.3. The molecule has 4 heterocycles. The lowest BCUT2D eigenvalue weighted by Gasteiger charge is -2.27. The highest BCUT2D eigenvalue weighted by Crippen LogP contribution is 2.29. The zero-order valence-electron chi connectivity index (χ0n) is 16.8. The van der Waals surface area contributed by atoms with Crippen LogP contribution in [0, 0.1) is 0 Å². The van der Waals surface area contributed by atoms with E-state index in [2.05, 4.69) is 27.4 Å². The van der Waals surface area contributed by atoms with E-state index in [1.54, 1.807) is 23.5 Å². The molecule has 2 atom stereocenters. The van der Waals surface area contributed by atoms with E-state index in [9.17, 15) is 19.2 Å². The van der Waals surface area contributed by atoms with E-state index >= 15 is 0 Å². The number of hydrogen-bond donors (Lipinski definition) is 3. The average molecular weight is 439 g/mol. The number of amides is 4. The van der Waals surface area contributed by atoms with Crippen LogP contribution in [0.5, 0.6) is 0 Å². The molecular formula is C22H22N4O4S. The van der Waals surface area contributed by atoms with Crippen molar-refractivity contribution in [3.05, 3.63) is 56.8 Å². The van der Waals surface area contributed by atoms with E-state index in [1.165, 1.54) is 10.4 Å². The molecule has 1 aromatic carbocycles. The van der Waals surface area contributed by atoms with Gasteiger partial charge in [-0.3, -0.25) is 29.4 Å². The van der Waals surface area contributed by atoms with Gasteiger partial charge in [-0.2, -0.15) is 0 Å². The summed E-state index contributed by atoms with van der Waals surface area (Å²) < 4.78 is 0. The number of nitrogens with one attached hydrogen (secondary N) is 3. The number of fused-ring (bicyclic) bond motifs is 2. The van der Waals surface area contributed by atoms with Crippen LogP contribution >= 0.6 is 11.3 Å². The highest BCUT2D eigenvalue weighted by Gasteiger charge is 2.44. The molecule has 160 valence electrons. The SMILES string of the molecule is O=C1CCC(N2C(=O)c3ccc(CNCC4NCCc5sccc54)cc3C2=O)C(=O)N1. The van der Waals surface area contributed by atoms with Crippen LogP contribution in [-0.4, -0.2) is 47.7 Å². The van der Waals surface area contributed by atoms with Crippen molar-refractivity contribution in [1.29, 1.82) is 0 Å². The third kappa shape index (κ3) is 3.58. The maximum Gasteiger partial charge on any atom is 0.262 e.